The summed E-state index contributed by atoms with van der Waals surface area (Å²) >= 11 is 0. The summed E-state index contributed by atoms with van der Waals surface area (Å²) in [7, 11) is 0. The standard InChI is InChI=1S/C25H25N5O3/c1-14-7-8-18(11-15(14)2)26-23(32)19-12-20(31)27-22-21(19)24(33)29-25(28-22)30-10-9-16-5-3-4-6-17(16)13-30/h3-8,11,19H,9-10,12-13H2,1-2H3,(H,26,32)(H2,27,28,29,31,33). The fourth-order valence-corrected chi connectivity index (χ4v) is 4.46. The predicted molar refractivity (Wildman–Crippen MR) is 127 cm³/mol. The Kier molecular flexibility index (Phi) is 5.20. The second kappa shape index (κ2) is 8.20. The van der Waals surface area contributed by atoms with E-state index in [-0.39, 0.29) is 23.7 Å². The molecule has 0 saturated carbocycles. The Morgan fingerprint density at radius 1 is 1.09 bits per heavy atom. The van der Waals surface area contributed by atoms with E-state index in [1.807, 2.05) is 49.1 Å². The van der Waals surface area contributed by atoms with Crippen LogP contribution in [0.5, 0.6) is 0 Å². The molecule has 3 N–H and O–H groups in total. The molecule has 8 heteroatoms. The van der Waals surface area contributed by atoms with Gasteiger partial charge in [0.2, 0.25) is 17.8 Å². The number of hydrogen-bond donors (Lipinski definition) is 3. The van der Waals surface area contributed by atoms with Gasteiger partial charge in [0.05, 0.1) is 11.5 Å². The molecule has 5 rings (SSSR count). The largest absolute Gasteiger partial charge is 0.338 e. The zero-order chi connectivity index (χ0) is 23.1. The highest BCUT2D eigenvalue weighted by atomic mass is 16.2. The first-order chi connectivity index (χ1) is 15.9. The highest BCUT2D eigenvalue weighted by Crippen LogP contribution is 2.31. The van der Waals surface area contributed by atoms with Crippen LogP contribution >= 0.6 is 0 Å². The van der Waals surface area contributed by atoms with E-state index in [1.54, 1.807) is 0 Å². The molecule has 0 fully saturated rings. The maximum absolute atomic E-state index is 13.1. The number of nitrogens with zero attached hydrogens (tertiary/aromatic N) is 2. The van der Waals surface area contributed by atoms with E-state index in [0.717, 1.165) is 17.5 Å². The third-order valence-corrected chi connectivity index (χ3v) is 6.46. The number of hydrogen-bond acceptors (Lipinski definition) is 5. The van der Waals surface area contributed by atoms with Gasteiger partial charge in [0.1, 0.15) is 5.82 Å². The van der Waals surface area contributed by atoms with Gasteiger partial charge >= 0.3 is 0 Å². The Hall–Kier alpha value is -3.94. The van der Waals surface area contributed by atoms with Gasteiger partial charge in [-0.25, -0.2) is 0 Å². The summed E-state index contributed by atoms with van der Waals surface area (Å²) < 4.78 is 0. The van der Waals surface area contributed by atoms with Crippen molar-refractivity contribution in [2.24, 2.45) is 0 Å². The molecular weight excluding hydrogens is 418 g/mol. The number of carbonyl (C=O) groups excluding carboxylic acids is 2. The molecule has 8 nitrogen and oxygen atoms in total. The number of aromatic nitrogens is 2. The highest BCUT2D eigenvalue weighted by molar-refractivity contribution is 6.04. The number of carbonyl (C=O) groups is 2. The van der Waals surface area contributed by atoms with Crippen molar-refractivity contribution in [2.45, 2.75) is 39.2 Å². The number of anilines is 3. The van der Waals surface area contributed by atoms with Crippen LogP contribution in [0.4, 0.5) is 17.5 Å². The minimum absolute atomic E-state index is 0.106. The fraction of sp³-hybridized carbons (Fsp3) is 0.280. The van der Waals surface area contributed by atoms with E-state index in [1.165, 1.54) is 11.1 Å². The Bertz CT molecular complexity index is 1330. The van der Waals surface area contributed by atoms with E-state index >= 15 is 0 Å². The normalized spacial score (nSPS) is 17.1. The predicted octanol–water partition coefficient (Wildman–Crippen LogP) is 3.01. The van der Waals surface area contributed by atoms with Crippen LogP contribution in [0.15, 0.2) is 47.3 Å². The van der Waals surface area contributed by atoms with Crippen LogP contribution in [-0.2, 0) is 22.6 Å². The average Bonchev–Trinajstić information content (AvgIpc) is 2.80. The first kappa shape index (κ1) is 20.9. The van der Waals surface area contributed by atoms with E-state index in [0.29, 0.717) is 24.7 Å². The Labute approximate surface area is 191 Å². The van der Waals surface area contributed by atoms with Crippen LogP contribution in [0, 0.1) is 13.8 Å². The molecule has 3 aromatic rings. The first-order valence-electron chi connectivity index (χ1n) is 11.0. The molecule has 33 heavy (non-hydrogen) atoms. The average molecular weight is 444 g/mol. The van der Waals surface area contributed by atoms with Gasteiger partial charge in [0.25, 0.3) is 5.56 Å². The Morgan fingerprint density at radius 2 is 1.88 bits per heavy atom. The number of aryl methyl sites for hydroxylation is 2. The van der Waals surface area contributed by atoms with E-state index < -0.39 is 17.4 Å². The van der Waals surface area contributed by atoms with Gasteiger partial charge in [-0.2, -0.15) is 4.98 Å². The Balaban J connectivity index is 1.44. The summed E-state index contributed by atoms with van der Waals surface area (Å²) in [6.45, 7) is 5.27. The SMILES string of the molecule is Cc1ccc(NC(=O)C2CC(=O)Nc3nc(N4CCc5ccccc5C4)[nH]c(=O)c32)cc1C. The van der Waals surface area contributed by atoms with Crippen LogP contribution in [0.25, 0.3) is 0 Å². The summed E-state index contributed by atoms with van der Waals surface area (Å²) in [4.78, 5) is 47.9. The van der Waals surface area contributed by atoms with Gasteiger partial charge in [0.15, 0.2) is 0 Å². The molecule has 1 atom stereocenters. The molecule has 2 amide bonds. The number of benzene rings is 2. The van der Waals surface area contributed by atoms with Crippen LogP contribution < -0.4 is 21.1 Å². The van der Waals surface area contributed by atoms with Crippen molar-refractivity contribution in [3.8, 4) is 0 Å². The lowest BCUT2D eigenvalue weighted by molar-refractivity contribution is -0.123. The summed E-state index contributed by atoms with van der Waals surface area (Å²) in [6.07, 6.45) is 0.731. The first-order valence-corrected chi connectivity index (χ1v) is 11.0. The van der Waals surface area contributed by atoms with E-state index in [2.05, 4.69) is 32.7 Å². The van der Waals surface area contributed by atoms with Crippen molar-refractivity contribution in [3.63, 3.8) is 0 Å². The number of H-pyrrole nitrogens is 1. The van der Waals surface area contributed by atoms with Gasteiger partial charge in [-0.3, -0.25) is 19.4 Å². The molecule has 3 heterocycles. The summed E-state index contributed by atoms with van der Waals surface area (Å²) in [5, 5.41) is 5.54. The number of rotatable bonds is 3. The van der Waals surface area contributed by atoms with Gasteiger partial charge in [-0.15, -0.1) is 0 Å². The summed E-state index contributed by atoms with van der Waals surface area (Å²) in [5.74, 6) is -1.10. The molecule has 1 aromatic heterocycles. The van der Waals surface area contributed by atoms with Crippen LogP contribution in [0.3, 0.4) is 0 Å². The zero-order valence-electron chi connectivity index (χ0n) is 18.6. The smallest absolute Gasteiger partial charge is 0.258 e. The van der Waals surface area contributed by atoms with Gasteiger partial charge < -0.3 is 15.5 Å². The number of fused-ring (bicyclic) bond motifs is 2. The molecule has 0 bridgehead atoms. The molecule has 0 saturated heterocycles. The molecule has 2 aliphatic rings. The number of amides is 2. The fourth-order valence-electron chi connectivity index (χ4n) is 4.46. The Morgan fingerprint density at radius 3 is 2.67 bits per heavy atom. The molecule has 2 aliphatic heterocycles. The lowest BCUT2D eigenvalue weighted by Crippen LogP contribution is -2.38. The van der Waals surface area contributed by atoms with Crippen molar-refractivity contribution in [3.05, 3.63) is 80.6 Å². The minimum Gasteiger partial charge on any atom is -0.338 e. The van der Waals surface area contributed by atoms with Crippen molar-refractivity contribution in [2.75, 3.05) is 22.1 Å². The quantitative estimate of drug-likeness (QED) is 0.577. The van der Waals surface area contributed by atoms with Crippen molar-refractivity contribution in [1.29, 1.82) is 0 Å². The summed E-state index contributed by atoms with van der Waals surface area (Å²) in [6, 6.07) is 13.8. The molecular formula is C25H25N5O3. The third kappa shape index (κ3) is 4.00. The maximum Gasteiger partial charge on any atom is 0.258 e. The lowest BCUT2D eigenvalue weighted by atomic mass is 9.92. The van der Waals surface area contributed by atoms with Crippen molar-refractivity contribution < 1.29 is 9.59 Å². The van der Waals surface area contributed by atoms with Crippen molar-refractivity contribution in [1.82, 2.24) is 9.97 Å². The van der Waals surface area contributed by atoms with Crippen molar-refractivity contribution >= 4 is 29.3 Å². The zero-order valence-corrected chi connectivity index (χ0v) is 18.6. The second-order valence-corrected chi connectivity index (χ2v) is 8.69. The van der Waals surface area contributed by atoms with Gasteiger partial charge in [0, 0.05) is 25.2 Å². The lowest BCUT2D eigenvalue weighted by Gasteiger charge is -2.30. The third-order valence-electron chi connectivity index (χ3n) is 6.46. The van der Waals surface area contributed by atoms with E-state index in [9.17, 15) is 14.4 Å². The molecule has 0 radical (unpaired) electrons. The van der Waals surface area contributed by atoms with Crippen LogP contribution in [0.1, 0.15) is 40.2 Å². The molecule has 0 aliphatic carbocycles. The van der Waals surface area contributed by atoms with Gasteiger partial charge in [-0.1, -0.05) is 30.3 Å². The highest BCUT2D eigenvalue weighted by Gasteiger charge is 2.35. The molecule has 0 spiro atoms. The second-order valence-electron chi connectivity index (χ2n) is 8.69. The molecule has 168 valence electrons. The van der Waals surface area contributed by atoms with Gasteiger partial charge in [-0.05, 0) is 54.7 Å². The molecule has 2 aromatic carbocycles. The number of nitrogens with one attached hydrogen (secondary N) is 3. The minimum atomic E-state index is -0.914. The van der Waals surface area contributed by atoms with Crippen LogP contribution in [0.2, 0.25) is 0 Å². The monoisotopic (exact) mass is 443 g/mol. The maximum atomic E-state index is 13.1. The summed E-state index contributed by atoms with van der Waals surface area (Å²) in [5.41, 5.74) is 5.03. The molecule has 1 unspecified atom stereocenters. The van der Waals surface area contributed by atoms with E-state index in [4.69, 9.17) is 0 Å². The van der Waals surface area contributed by atoms with Crippen LogP contribution in [-0.4, -0.2) is 28.3 Å². The topological polar surface area (TPSA) is 107 Å². The number of aromatic amines is 1.